The van der Waals surface area contributed by atoms with Gasteiger partial charge in [0.1, 0.15) is 11.6 Å². The lowest BCUT2D eigenvalue weighted by Gasteiger charge is -2.41. The van der Waals surface area contributed by atoms with E-state index in [1.165, 1.54) is 18.2 Å². The van der Waals surface area contributed by atoms with Gasteiger partial charge in [-0.1, -0.05) is 26.8 Å². The van der Waals surface area contributed by atoms with Gasteiger partial charge in [0.25, 0.3) is 0 Å². The van der Waals surface area contributed by atoms with Gasteiger partial charge in [0.15, 0.2) is 0 Å². The average molecular weight is 295 g/mol. The van der Waals surface area contributed by atoms with E-state index < -0.39 is 11.6 Å². The number of hydrogen-bond donors (Lipinski definition) is 1. The van der Waals surface area contributed by atoms with Crippen LogP contribution in [0, 0.1) is 23.0 Å². The third kappa shape index (κ3) is 4.03. The summed E-state index contributed by atoms with van der Waals surface area (Å²) in [5, 5.41) is 3.43. The van der Waals surface area contributed by atoms with Crippen molar-refractivity contribution in [1.82, 2.24) is 5.32 Å². The lowest BCUT2D eigenvalue weighted by Crippen LogP contribution is -2.35. The standard InChI is InChI=1S/C18H27F2N/c1-4-10-21-12-13-8-9-18(2,3)11-14(13)17-15(19)6-5-7-16(17)20/h5-7,13-14,21H,4,8-12H2,1-3H3. The molecule has 2 rings (SSSR count). The molecular weight excluding hydrogens is 268 g/mol. The highest BCUT2D eigenvalue weighted by molar-refractivity contribution is 5.25. The zero-order chi connectivity index (χ0) is 15.5. The maximum atomic E-state index is 14.2. The molecule has 1 nitrogen and oxygen atoms in total. The van der Waals surface area contributed by atoms with Crippen molar-refractivity contribution in [2.24, 2.45) is 11.3 Å². The fourth-order valence-electron chi connectivity index (χ4n) is 3.55. The second-order valence-corrected chi connectivity index (χ2v) is 7.11. The van der Waals surface area contributed by atoms with E-state index in [0.717, 1.165) is 38.8 Å². The minimum absolute atomic E-state index is 0.0284. The van der Waals surface area contributed by atoms with Crippen LogP contribution in [0.15, 0.2) is 18.2 Å². The van der Waals surface area contributed by atoms with Gasteiger partial charge < -0.3 is 5.32 Å². The van der Waals surface area contributed by atoms with Crippen LogP contribution >= 0.6 is 0 Å². The number of nitrogens with one attached hydrogen (secondary N) is 1. The summed E-state index contributed by atoms with van der Waals surface area (Å²) >= 11 is 0. The molecule has 21 heavy (non-hydrogen) atoms. The Balaban J connectivity index is 2.24. The predicted molar refractivity (Wildman–Crippen MR) is 83.4 cm³/mol. The maximum Gasteiger partial charge on any atom is 0.129 e. The lowest BCUT2D eigenvalue weighted by molar-refractivity contribution is 0.155. The number of benzene rings is 1. The van der Waals surface area contributed by atoms with Crippen LogP contribution in [0.5, 0.6) is 0 Å². The molecule has 1 saturated carbocycles. The Kier molecular flexibility index (Phi) is 5.37. The van der Waals surface area contributed by atoms with Crippen molar-refractivity contribution in [1.29, 1.82) is 0 Å². The minimum Gasteiger partial charge on any atom is -0.316 e. The van der Waals surface area contributed by atoms with Gasteiger partial charge in [0, 0.05) is 5.56 Å². The highest BCUT2D eigenvalue weighted by Crippen LogP contribution is 2.47. The quantitative estimate of drug-likeness (QED) is 0.764. The molecule has 0 saturated heterocycles. The minimum atomic E-state index is -0.391. The molecule has 2 atom stereocenters. The molecular formula is C18H27F2N. The Hall–Kier alpha value is -0.960. The number of rotatable bonds is 5. The second-order valence-electron chi connectivity index (χ2n) is 7.11. The zero-order valence-electron chi connectivity index (χ0n) is 13.4. The van der Waals surface area contributed by atoms with Gasteiger partial charge in [-0.15, -0.1) is 0 Å². The smallest absolute Gasteiger partial charge is 0.129 e. The van der Waals surface area contributed by atoms with E-state index in [2.05, 4.69) is 26.1 Å². The first-order chi connectivity index (χ1) is 9.94. The molecule has 3 heteroatoms. The number of hydrogen-bond acceptors (Lipinski definition) is 1. The van der Waals surface area contributed by atoms with Crippen molar-refractivity contribution in [3.8, 4) is 0 Å². The normalized spacial score (nSPS) is 25.0. The Labute approximate surface area is 127 Å². The van der Waals surface area contributed by atoms with Crippen molar-refractivity contribution in [3.05, 3.63) is 35.4 Å². The molecule has 0 spiro atoms. The van der Waals surface area contributed by atoms with E-state index in [4.69, 9.17) is 0 Å². The summed E-state index contributed by atoms with van der Waals surface area (Å²) in [4.78, 5) is 0. The molecule has 1 aliphatic carbocycles. The zero-order valence-corrected chi connectivity index (χ0v) is 13.4. The first kappa shape index (κ1) is 16.4. The van der Waals surface area contributed by atoms with Crippen LogP contribution in [0.3, 0.4) is 0 Å². The summed E-state index contributed by atoms with van der Waals surface area (Å²) in [6, 6.07) is 4.22. The third-order valence-corrected chi connectivity index (χ3v) is 4.74. The molecule has 0 bridgehead atoms. The summed E-state index contributed by atoms with van der Waals surface area (Å²) in [7, 11) is 0. The van der Waals surface area contributed by atoms with E-state index in [0.29, 0.717) is 11.5 Å². The van der Waals surface area contributed by atoms with Crippen LogP contribution in [0.4, 0.5) is 8.78 Å². The van der Waals surface area contributed by atoms with Crippen LogP contribution < -0.4 is 5.32 Å². The molecule has 1 aromatic rings. The van der Waals surface area contributed by atoms with Crippen LogP contribution in [0.1, 0.15) is 57.9 Å². The van der Waals surface area contributed by atoms with Crippen molar-refractivity contribution in [2.75, 3.05) is 13.1 Å². The molecule has 1 fully saturated rings. The van der Waals surface area contributed by atoms with Gasteiger partial charge in [-0.25, -0.2) is 8.78 Å². The summed E-state index contributed by atoms with van der Waals surface area (Å²) < 4.78 is 28.4. The van der Waals surface area contributed by atoms with Gasteiger partial charge in [0.2, 0.25) is 0 Å². The Morgan fingerprint density at radius 1 is 1.24 bits per heavy atom. The molecule has 0 heterocycles. The van der Waals surface area contributed by atoms with Gasteiger partial charge in [0.05, 0.1) is 0 Å². The third-order valence-electron chi connectivity index (χ3n) is 4.74. The highest BCUT2D eigenvalue weighted by atomic mass is 19.1. The molecule has 118 valence electrons. The van der Waals surface area contributed by atoms with Crippen LogP contribution in [0.2, 0.25) is 0 Å². The molecule has 0 radical (unpaired) electrons. The Morgan fingerprint density at radius 3 is 2.52 bits per heavy atom. The highest BCUT2D eigenvalue weighted by Gasteiger charge is 2.37. The van der Waals surface area contributed by atoms with E-state index in [1.54, 1.807) is 0 Å². The van der Waals surface area contributed by atoms with Crippen molar-refractivity contribution < 1.29 is 8.78 Å². The largest absolute Gasteiger partial charge is 0.316 e. The van der Waals surface area contributed by atoms with Crippen molar-refractivity contribution in [3.63, 3.8) is 0 Å². The van der Waals surface area contributed by atoms with Crippen LogP contribution in [0.25, 0.3) is 0 Å². The van der Waals surface area contributed by atoms with E-state index >= 15 is 0 Å². The fourth-order valence-corrected chi connectivity index (χ4v) is 3.55. The van der Waals surface area contributed by atoms with Gasteiger partial charge in [-0.2, -0.15) is 0 Å². The van der Waals surface area contributed by atoms with Gasteiger partial charge >= 0.3 is 0 Å². The SMILES string of the molecule is CCCNCC1CCC(C)(C)CC1c1c(F)cccc1F. The maximum absolute atomic E-state index is 14.2. The summed E-state index contributed by atoms with van der Waals surface area (Å²) in [6.07, 6.45) is 4.08. The van der Waals surface area contributed by atoms with E-state index in [-0.39, 0.29) is 11.3 Å². The van der Waals surface area contributed by atoms with E-state index in [9.17, 15) is 8.78 Å². The second kappa shape index (κ2) is 6.87. The Bertz CT molecular complexity index is 450. The first-order valence-corrected chi connectivity index (χ1v) is 8.09. The molecule has 0 amide bonds. The van der Waals surface area contributed by atoms with E-state index in [1.807, 2.05) is 0 Å². The Morgan fingerprint density at radius 2 is 1.90 bits per heavy atom. The average Bonchev–Trinajstić information content (AvgIpc) is 2.40. The molecule has 1 aromatic carbocycles. The predicted octanol–water partition coefficient (Wildman–Crippen LogP) is 4.87. The summed E-state index contributed by atoms with van der Waals surface area (Å²) in [6.45, 7) is 8.35. The lowest BCUT2D eigenvalue weighted by atomic mass is 9.65. The monoisotopic (exact) mass is 295 g/mol. The molecule has 2 unspecified atom stereocenters. The van der Waals surface area contributed by atoms with Crippen LogP contribution in [-0.2, 0) is 0 Å². The van der Waals surface area contributed by atoms with Crippen LogP contribution in [-0.4, -0.2) is 13.1 Å². The van der Waals surface area contributed by atoms with Gasteiger partial charge in [-0.05, 0) is 68.2 Å². The number of halogens is 2. The molecule has 1 N–H and O–H groups in total. The van der Waals surface area contributed by atoms with Crippen molar-refractivity contribution >= 4 is 0 Å². The first-order valence-electron chi connectivity index (χ1n) is 8.09. The van der Waals surface area contributed by atoms with Gasteiger partial charge in [-0.3, -0.25) is 0 Å². The van der Waals surface area contributed by atoms with Crippen molar-refractivity contribution in [2.45, 2.75) is 52.4 Å². The summed E-state index contributed by atoms with van der Waals surface area (Å²) in [5.41, 5.74) is 0.453. The fraction of sp³-hybridized carbons (Fsp3) is 0.667. The summed E-state index contributed by atoms with van der Waals surface area (Å²) in [5.74, 6) is -0.494. The molecule has 1 aliphatic rings. The molecule has 0 aromatic heterocycles. The topological polar surface area (TPSA) is 12.0 Å². The molecule has 0 aliphatic heterocycles.